The summed E-state index contributed by atoms with van der Waals surface area (Å²) in [6, 6.07) is 21.4. The third-order valence-electron chi connectivity index (χ3n) is 7.10. The van der Waals surface area contributed by atoms with Crippen molar-refractivity contribution in [2.75, 3.05) is 49.4 Å². The minimum absolute atomic E-state index is 0.00413. The number of aromatic nitrogens is 3. The Balaban J connectivity index is 1.36. The largest absolute Gasteiger partial charge is 0.494 e. The Morgan fingerprint density at radius 2 is 1.68 bits per heavy atom. The number of nitrogens with one attached hydrogen (secondary N) is 1. The molecule has 0 atom stereocenters. The SMILES string of the molecule is COc1c(NC(=O)c2ccc(C(C)(C)C)cc2)cccc1-c1nc(N)nc(Cc2ccc(N3CCOCC3)cc2)n1. The summed E-state index contributed by atoms with van der Waals surface area (Å²) in [6.45, 7) is 9.68. The number of amides is 1. The van der Waals surface area contributed by atoms with E-state index < -0.39 is 0 Å². The average molecular weight is 553 g/mol. The lowest BCUT2D eigenvalue weighted by molar-refractivity contribution is 0.102. The Labute approximate surface area is 240 Å². The van der Waals surface area contributed by atoms with Gasteiger partial charge >= 0.3 is 0 Å². The number of methoxy groups -OCH3 is 1. The van der Waals surface area contributed by atoms with Crippen LogP contribution in [0, 0.1) is 0 Å². The predicted molar refractivity (Wildman–Crippen MR) is 162 cm³/mol. The maximum absolute atomic E-state index is 13.1. The number of ether oxygens (including phenoxy) is 2. The number of carbonyl (C=O) groups is 1. The summed E-state index contributed by atoms with van der Waals surface area (Å²) in [7, 11) is 1.55. The van der Waals surface area contributed by atoms with Crippen LogP contribution in [0.3, 0.4) is 0 Å². The number of morpholine rings is 1. The summed E-state index contributed by atoms with van der Waals surface area (Å²) in [5.41, 5.74) is 11.2. The van der Waals surface area contributed by atoms with Crippen molar-refractivity contribution in [1.29, 1.82) is 0 Å². The fourth-order valence-corrected chi connectivity index (χ4v) is 4.81. The van der Waals surface area contributed by atoms with E-state index in [9.17, 15) is 4.79 Å². The maximum Gasteiger partial charge on any atom is 0.255 e. The molecule has 9 nitrogen and oxygen atoms in total. The van der Waals surface area contributed by atoms with Crippen LogP contribution < -0.4 is 20.7 Å². The standard InChI is InChI=1S/C32H36N6O3/c1-32(2,3)23-12-10-22(11-13-23)30(39)34-26-7-5-6-25(28(26)40-4)29-35-27(36-31(33)37-29)20-21-8-14-24(15-9-21)38-16-18-41-19-17-38/h5-15H,16-20H2,1-4H3,(H,34,39)(H2,33,35,36,37). The van der Waals surface area contributed by atoms with Crippen LogP contribution in [0.4, 0.5) is 17.3 Å². The monoisotopic (exact) mass is 552 g/mol. The summed E-state index contributed by atoms with van der Waals surface area (Å²) >= 11 is 0. The molecule has 0 saturated carbocycles. The predicted octanol–water partition coefficient (Wildman–Crippen LogP) is 5.11. The zero-order chi connectivity index (χ0) is 29.0. The summed E-state index contributed by atoms with van der Waals surface area (Å²) < 4.78 is 11.2. The van der Waals surface area contributed by atoms with E-state index in [1.54, 1.807) is 13.2 Å². The lowest BCUT2D eigenvalue weighted by atomic mass is 9.87. The van der Waals surface area contributed by atoms with Crippen LogP contribution in [0.2, 0.25) is 0 Å². The Bertz CT molecular complexity index is 1510. The quantitative estimate of drug-likeness (QED) is 0.325. The molecule has 0 radical (unpaired) electrons. The zero-order valence-corrected chi connectivity index (χ0v) is 24.0. The minimum atomic E-state index is -0.239. The van der Waals surface area contributed by atoms with Gasteiger partial charge in [-0.15, -0.1) is 0 Å². The molecule has 1 aliphatic rings. The van der Waals surface area contributed by atoms with Crippen LogP contribution in [-0.4, -0.2) is 54.3 Å². The molecule has 3 aromatic carbocycles. The highest BCUT2D eigenvalue weighted by Crippen LogP contribution is 2.35. The van der Waals surface area contributed by atoms with Gasteiger partial charge in [0.25, 0.3) is 5.91 Å². The van der Waals surface area contributed by atoms with Gasteiger partial charge < -0.3 is 25.4 Å². The highest BCUT2D eigenvalue weighted by Gasteiger charge is 2.19. The zero-order valence-electron chi connectivity index (χ0n) is 24.0. The summed E-state index contributed by atoms with van der Waals surface area (Å²) in [4.78, 5) is 28.9. The molecule has 5 rings (SSSR count). The smallest absolute Gasteiger partial charge is 0.255 e. The number of hydrogen-bond donors (Lipinski definition) is 2. The molecule has 4 aromatic rings. The van der Waals surface area contributed by atoms with Crippen molar-refractivity contribution in [1.82, 2.24) is 15.0 Å². The molecule has 41 heavy (non-hydrogen) atoms. The van der Waals surface area contributed by atoms with E-state index in [1.165, 1.54) is 5.69 Å². The van der Waals surface area contributed by atoms with Gasteiger partial charge in [-0.1, -0.05) is 51.1 Å². The topological polar surface area (TPSA) is 115 Å². The van der Waals surface area contributed by atoms with Gasteiger partial charge in [-0.25, -0.2) is 4.98 Å². The third kappa shape index (κ3) is 6.63. The molecular formula is C32H36N6O3. The van der Waals surface area contributed by atoms with E-state index >= 15 is 0 Å². The lowest BCUT2D eigenvalue weighted by Crippen LogP contribution is -2.36. The second kappa shape index (κ2) is 11.9. The lowest BCUT2D eigenvalue weighted by Gasteiger charge is -2.28. The van der Waals surface area contributed by atoms with Gasteiger partial charge in [-0.3, -0.25) is 4.79 Å². The van der Waals surface area contributed by atoms with Gasteiger partial charge in [0.2, 0.25) is 5.95 Å². The Morgan fingerprint density at radius 3 is 2.34 bits per heavy atom. The fraction of sp³-hybridized carbons (Fsp3) is 0.312. The minimum Gasteiger partial charge on any atom is -0.494 e. The van der Waals surface area contributed by atoms with Gasteiger partial charge in [-0.2, -0.15) is 9.97 Å². The van der Waals surface area contributed by atoms with E-state index in [-0.39, 0.29) is 17.3 Å². The number of carbonyl (C=O) groups excluding carboxylic acids is 1. The maximum atomic E-state index is 13.1. The fourth-order valence-electron chi connectivity index (χ4n) is 4.81. The van der Waals surface area contributed by atoms with Crippen molar-refractivity contribution in [2.24, 2.45) is 0 Å². The van der Waals surface area contributed by atoms with Gasteiger partial charge in [0.1, 0.15) is 5.82 Å². The van der Waals surface area contributed by atoms with Crippen molar-refractivity contribution < 1.29 is 14.3 Å². The molecule has 2 heterocycles. The molecule has 212 valence electrons. The Hall–Kier alpha value is -4.50. The van der Waals surface area contributed by atoms with Crippen LogP contribution in [-0.2, 0) is 16.6 Å². The van der Waals surface area contributed by atoms with Crippen LogP contribution in [0.25, 0.3) is 11.4 Å². The first-order chi connectivity index (χ1) is 19.7. The van der Waals surface area contributed by atoms with E-state index in [2.05, 4.69) is 65.2 Å². The highest BCUT2D eigenvalue weighted by molar-refractivity contribution is 6.05. The second-order valence-electron chi connectivity index (χ2n) is 11.0. The first-order valence-corrected chi connectivity index (χ1v) is 13.7. The molecule has 0 bridgehead atoms. The molecule has 0 aliphatic carbocycles. The molecule has 1 fully saturated rings. The van der Waals surface area contributed by atoms with Crippen molar-refractivity contribution >= 4 is 23.2 Å². The summed E-state index contributed by atoms with van der Waals surface area (Å²) in [5.74, 6) is 1.24. The number of hydrogen-bond acceptors (Lipinski definition) is 8. The summed E-state index contributed by atoms with van der Waals surface area (Å²) in [6.07, 6.45) is 0.492. The normalized spacial score (nSPS) is 13.6. The number of benzene rings is 3. The Morgan fingerprint density at radius 1 is 0.976 bits per heavy atom. The van der Waals surface area contributed by atoms with Crippen LogP contribution in [0.5, 0.6) is 5.75 Å². The van der Waals surface area contributed by atoms with Crippen molar-refractivity contribution in [2.45, 2.75) is 32.6 Å². The molecule has 1 amide bonds. The van der Waals surface area contributed by atoms with E-state index in [4.69, 9.17) is 20.2 Å². The molecule has 1 aliphatic heterocycles. The molecule has 9 heteroatoms. The molecule has 1 saturated heterocycles. The van der Waals surface area contributed by atoms with Crippen LogP contribution in [0.15, 0.2) is 66.7 Å². The van der Waals surface area contributed by atoms with Crippen LogP contribution >= 0.6 is 0 Å². The number of nitrogens with two attached hydrogens (primary N) is 1. The van der Waals surface area contributed by atoms with Gasteiger partial charge in [0.15, 0.2) is 11.6 Å². The average Bonchev–Trinajstić information content (AvgIpc) is 2.97. The second-order valence-corrected chi connectivity index (χ2v) is 11.0. The van der Waals surface area contributed by atoms with Crippen LogP contribution in [0.1, 0.15) is 48.1 Å². The third-order valence-corrected chi connectivity index (χ3v) is 7.10. The van der Waals surface area contributed by atoms with Crippen molar-refractivity contribution in [3.8, 4) is 17.1 Å². The number of nitrogens with zero attached hydrogens (tertiary/aromatic N) is 4. The first-order valence-electron chi connectivity index (χ1n) is 13.7. The molecular weight excluding hydrogens is 516 g/mol. The highest BCUT2D eigenvalue weighted by atomic mass is 16.5. The molecule has 1 aromatic heterocycles. The van der Waals surface area contributed by atoms with E-state index in [0.717, 1.165) is 37.4 Å². The summed E-state index contributed by atoms with van der Waals surface area (Å²) in [5, 5.41) is 2.97. The van der Waals surface area contributed by atoms with E-state index in [1.807, 2.05) is 36.4 Å². The molecule has 0 unspecified atom stereocenters. The van der Waals surface area contributed by atoms with Gasteiger partial charge in [-0.05, 0) is 52.9 Å². The number of anilines is 3. The van der Waals surface area contributed by atoms with Crippen molar-refractivity contribution in [3.05, 3.63) is 89.2 Å². The first kappa shape index (κ1) is 28.0. The number of para-hydroxylation sites is 1. The Kier molecular flexibility index (Phi) is 8.16. The van der Waals surface area contributed by atoms with E-state index in [0.29, 0.717) is 40.6 Å². The molecule has 3 N–H and O–H groups in total. The van der Waals surface area contributed by atoms with Gasteiger partial charge in [0, 0.05) is 30.8 Å². The number of nitrogen functional groups attached to an aromatic ring is 1. The van der Waals surface area contributed by atoms with Crippen molar-refractivity contribution in [3.63, 3.8) is 0 Å². The molecule has 0 spiro atoms. The number of rotatable bonds is 7. The van der Waals surface area contributed by atoms with Gasteiger partial charge in [0.05, 0.1) is 31.6 Å².